The number of nitrogens with one attached hydrogen (secondary N) is 2. The summed E-state index contributed by atoms with van der Waals surface area (Å²) in [5.41, 5.74) is 0. The summed E-state index contributed by atoms with van der Waals surface area (Å²) in [5, 5.41) is 5.05. The molecule has 0 spiro atoms. The minimum Gasteiger partial charge on any atom is -0.310 e. The Balaban J connectivity index is 2.02. The molecule has 21 heavy (non-hydrogen) atoms. The summed E-state index contributed by atoms with van der Waals surface area (Å²) in [6.07, 6.45) is 4.39. The number of sulfonamides is 1. The van der Waals surface area contributed by atoms with Crippen LogP contribution in [-0.4, -0.2) is 20.5 Å². The van der Waals surface area contributed by atoms with Gasteiger partial charge in [-0.15, -0.1) is 11.3 Å². The van der Waals surface area contributed by atoms with E-state index in [9.17, 15) is 8.42 Å². The Morgan fingerprint density at radius 1 is 1.33 bits per heavy atom. The summed E-state index contributed by atoms with van der Waals surface area (Å²) >= 11 is 1.50. The van der Waals surface area contributed by atoms with Gasteiger partial charge in [-0.1, -0.05) is 33.6 Å². The highest BCUT2D eigenvalue weighted by atomic mass is 32.2. The van der Waals surface area contributed by atoms with Crippen LogP contribution in [0, 0.1) is 5.92 Å². The average molecular weight is 331 g/mol. The zero-order chi connectivity index (χ0) is 15.5. The van der Waals surface area contributed by atoms with Gasteiger partial charge in [0.15, 0.2) is 0 Å². The monoisotopic (exact) mass is 330 g/mol. The van der Waals surface area contributed by atoms with Crippen molar-refractivity contribution in [3.05, 3.63) is 16.3 Å². The van der Waals surface area contributed by atoms with Crippen LogP contribution in [-0.2, 0) is 16.6 Å². The van der Waals surface area contributed by atoms with E-state index in [1.54, 1.807) is 11.4 Å². The summed E-state index contributed by atoms with van der Waals surface area (Å²) < 4.78 is 27.8. The molecule has 2 atom stereocenters. The lowest BCUT2D eigenvalue weighted by molar-refractivity contribution is 0.310. The van der Waals surface area contributed by atoms with E-state index in [1.807, 2.05) is 0 Å². The van der Waals surface area contributed by atoms with Crippen LogP contribution in [0.3, 0.4) is 0 Å². The normalized spacial score (nSPS) is 23.6. The van der Waals surface area contributed by atoms with Gasteiger partial charge in [0, 0.05) is 28.9 Å². The highest BCUT2D eigenvalue weighted by molar-refractivity contribution is 7.89. The van der Waals surface area contributed by atoms with E-state index in [4.69, 9.17) is 0 Å². The van der Waals surface area contributed by atoms with Gasteiger partial charge in [-0.05, 0) is 24.8 Å². The van der Waals surface area contributed by atoms with Crippen LogP contribution in [0.4, 0.5) is 0 Å². The van der Waals surface area contributed by atoms with Crippen LogP contribution in [0.1, 0.15) is 51.3 Å². The molecule has 0 saturated heterocycles. The molecule has 1 heterocycles. The minimum atomic E-state index is -3.38. The van der Waals surface area contributed by atoms with Crippen LogP contribution in [0.15, 0.2) is 16.3 Å². The molecule has 2 rings (SSSR count). The molecule has 1 aliphatic rings. The van der Waals surface area contributed by atoms with E-state index in [0.717, 1.165) is 30.7 Å². The highest BCUT2D eigenvalue weighted by Crippen LogP contribution is 2.26. The largest absolute Gasteiger partial charge is 0.310 e. The number of hydrogen-bond donors (Lipinski definition) is 2. The summed E-state index contributed by atoms with van der Waals surface area (Å²) in [7, 11) is -3.38. The Morgan fingerprint density at radius 3 is 2.71 bits per heavy atom. The molecule has 1 saturated carbocycles. The van der Waals surface area contributed by atoms with Gasteiger partial charge >= 0.3 is 0 Å². The van der Waals surface area contributed by atoms with Gasteiger partial charge in [0.25, 0.3) is 0 Å². The van der Waals surface area contributed by atoms with Gasteiger partial charge in [-0.25, -0.2) is 13.1 Å². The molecule has 2 N–H and O–H groups in total. The SMILES string of the molecule is CC(C)NCc1cc(S(=O)(=O)NC2CCCCC2C)cs1. The van der Waals surface area contributed by atoms with E-state index in [-0.39, 0.29) is 6.04 Å². The Bertz CT molecular complexity index is 552. The molecule has 120 valence electrons. The number of thiophene rings is 1. The van der Waals surface area contributed by atoms with Crippen LogP contribution in [0.5, 0.6) is 0 Å². The average Bonchev–Trinajstić information content (AvgIpc) is 2.88. The molecule has 0 aromatic carbocycles. The van der Waals surface area contributed by atoms with Crippen molar-refractivity contribution < 1.29 is 8.42 Å². The third-order valence-corrected chi connectivity index (χ3v) is 6.60. The molecule has 1 aromatic rings. The topological polar surface area (TPSA) is 58.2 Å². The Labute approximate surface area is 132 Å². The highest BCUT2D eigenvalue weighted by Gasteiger charge is 2.27. The van der Waals surface area contributed by atoms with Gasteiger partial charge in [0.2, 0.25) is 10.0 Å². The summed E-state index contributed by atoms with van der Waals surface area (Å²) in [6, 6.07) is 2.27. The second kappa shape index (κ2) is 7.22. The molecule has 0 aliphatic heterocycles. The van der Waals surface area contributed by atoms with Gasteiger partial charge in [-0.2, -0.15) is 0 Å². The first-order chi connectivity index (χ1) is 9.88. The fourth-order valence-electron chi connectivity index (χ4n) is 2.66. The third-order valence-electron chi connectivity index (χ3n) is 4.04. The molecule has 0 amide bonds. The quantitative estimate of drug-likeness (QED) is 0.842. The van der Waals surface area contributed by atoms with Crippen molar-refractivity contribution in [2.45, 2.75) is 70.0 Å². The summed E-state index contributed by atoms with van der Waals surface area (Å²) in [4.78, 5) is 1.46. The van der Waals surface area contributed by atoms with E-state index in [1.165, 1.54) is 17.8 Å². The lowest BCUT2D eigenvalue weighted by atomic mass is 9.87. The van der Waals surface area contributed by atoms with Crippen LogP contribution in [0.2, 0.25) is 0 Å². The molecule has 2 unspecified atom stereocenters. The predicted octanol–water partition coefficient (Wildman–Crippen LogP) is 3.10. The maximum Gasteiger partial charge on any atom is 0.241 e. The molecule has 0 bridgehead atoms. The Kier molecular flexibility index (Phi) is 5.82. The Morgan fingerprint density at radius 2 is 2.05 bits per heavy atom. The second-order valence-electron chi connectivity index (χ2n) is 6.27. The van der Waals surface area contributed by atoms with Gasteiger partial charge in [0.05, 0.1) is 4.90 Å². The van der Waals surface area contributed by atoms with Crippen LogP contribution >= 0.6 is 11.3 Å². The first-order valence-electron chi connectivity index (χ1n) is 7.71. The lowest BCUT2D eigenvalue weighted by Gasteiger charge is -2.29. The van der Waals surface area contributed by atoms with Gasteiger partial charge in [0.1, 0.15) is 0 Å². The van der Waals surface area contributed by atoms with Crippen molar-refractivity contribution in [3.63, 3.8) is 0 Å². The van der Waals surface area contributed by atoms with E-state index >= 15 is 0 Å². The van der Waals surface area contributed by atoms with Crippen molar-refractivity contribution in [3.8, 4) is 0 Å². The van der Waals surface area contributed by atoms with E-state index in [0.29, 0.717) is 16.9 Å². The number of hydrogen-bond acceptors (Lipinski definition) is 4. The summed E-state index contributed by atoms with van der Waals surface area (Å²) in [5.74, 6) is 0.425. The molecular formula is C15H26N2O2S2. The fraction of sp³-hybridized carbons (Fsp3) is 0.733. The van der Waals surface area contributed by atoms with Gasteiger partial charge < -0.3 is 5.32 Å². The lowest BCUT2D eigenvalue weighted by Crippen LogP contribution is -2.40. The maximum atomic E-state index is 12.5. The molecule has 4 nitrogen and oxygen atoms in total. The molecule has 6 heteroatoms. The number of rotatable bonds is 6. The van der Waals surface area contributed by atoms with E-state index in [2.05, 4.69) is 30.8 Å². The molecule has 0 radical (unpaired) electrons. The first-order valence-corrected chi connectivity index (χ1v) is 10.1. The van der Waals surface area contributed by atoms with E-state index < -0.39 is 10.0 Å². The third kappa shape index (κ3) is 4.77. The molecule has 1 aromatic heterocycles. The fourth-order valence-corrected chi connectivity index (χ4v) is 5.26. The zero-order valence-corrected chi connectivity index (χ0v) is 14.7. The van der Waals surface area contributed by atoms with Crippen molar-refractivity contribution in [1.82, 2.24) is 10.0 Å². The predicted molar refractivity (Wildman–Crippen MR) is 88.0 cm³/mol. The molecular weight excluding hydrogens is 304 g/mol. The van der Waals surface area contributed by atoms with Crippen molar-refractivity contribution in [1.29, 1.82) is 0 Å². The first kappa shape index (κ1) is 16.9. The van der Waals surface area contributed by atoms with Crippen molar-refractivity contribution >= 4 is 21.4 Å². The van der Waals surface area contributed by atoms with Crippen LogP contribution in [0.25, 0.3) is 0 Å². The van der Waals surface area contributed by atoms with Crippen molar-refractivity contribution in [2.24, 2.45) is 5.92 Å². The maximum absolute atomic E-state index is 12.5. The smallest absolute Gasteiger partial charge is 0.241 e. The summed E-state index contributed by atoms with van der Waals surface area (Å²) in [6.45, 7) is 7.02. The van der Waals surface area contributed by atoms with Gasteiger partial charge in [-0.3, -0.25) is 0 Å². The Hall–Kier alpha value is -0.430. The molecule has 1 aliphatic carbocycles. The zero-order valence-electron chi connectivity index (χ0n) is 13.1. The van der Waals surface area contributed by atoms with Crippen molar-refractivity contribution in [2.75, 3.05) is 0 Å². The standard InChI is InChI=1S/C15H26N2O2S2/c1-11(2)16-9-13-8-14(10-20-13)21(18,19)17-15-7-5-4-6-12(15)3/h8,10-12,15-17H,4-7,9H2,1-3H3. The minimum absolute atomic E-state index is 0.0842. The molecule has 1 fully saturated rings. The van der Waals surface area contributed by atoms with Crippen LogP contribution < -0.4 is 10.0 Å². The second-order valence-corrected chi connectivity index (χ2v) is 8.98.